The van der Waals surface area contributed by atoms with E-state index in [0.29, 0.717) is 12.0 Å². The van der Waals surface area contributed by atoms with Crippen LogP contribution in [-0.4, -0.2) is 19.0 Å². The van der Waals surface area contributed by atoms with Crippen molar-refractivity contribution < 1.29 is 4.74 Å². The van der Waals surface area contributed by atoms with Crippen LogP contribution in [0.25, 0.3) is 0 Å². The second kappa shape index (κ2) is 7.01. The maximum atomic E-state index is 6.04. The van der Waals surface area contributed by atoms with Gasteiger partial charge in [-0.15, -0.1) is 11.6 Å². The summed E-state index contributed by atoms with van der Waals surface area (Å²) in [6.07, 6.45) is 5.18. The second-order valence-electron chi connectivity index (χ2n) is 5.03. The van der Waals surface area contributed by atoms with E-state index in [9.17, 15) is 0 Å². The first-order valence-electron chi connectivity index (χ1n) is 6.75. The van der Waals surface area contributed by atoms with E-state index in [-0.39, 0.29) is 0 Å². The number of hydrogen-bond donors (Lipinski definition) is 1. The van der Waals surface area contributed by atoms with Gasteiger partial charge in [-0.25, -0.2) is 0 Å². The summed E-state index contributed by atoms with van der Waals surface area (Å²) in [5.74, 6) is 2.33. The molecule has 0 aliphatic heterocycles. The minimum absolute atomic E-state index is 0.582. The molecule has 1 aliphatic rings. The molecule has 2 atom stereocenters. The quantitative estimate of drug-likeness (QED) is 0.824. The van der Waals surface area contributed by atoms with Crippen LogP contribution in [0, 0.1) is 5.92 Å². The largest absolute Gasteiger partial charge is 0.497 e. The first kappa shape index (κ1) is 13.7. The number of alkyl halides is 1. The molecule has 0 radical (unpaired) electrons. The molecule has 0 bridgehead atoms. The van der Waals surface area contributed by atoms with Gasteiger partial charge < -0.3 is 10.1 Å². The lowest BCUT2D eigenvalue weighted by Gasteiger charge is -2.31. The highest BCUT2D eigenvalue weighted by Crippen LogP contribution is 2.25. The summed E-state index contributed by atoms with van der Waals surface area (Å²) in [7, 11) is 1.69. The minimum Gasteiger partial charge on any atom is -0.497 e. The Bertz CT molecular complexity index is 352. The Kier molecular flexibility index (Phi) is 5.33. The fourth-order valence-electron chi connectivity index (χ4n) is 2.65. The highest BCUT2D eigenvalue weighted by atomic mass is 35.5. The molecule has 1 aromatic rings. The van der Waals surface area contributed by atoms with E-state index in [1.807, 2.05) is 12.1 Å². The normalized spacial score (nSPS) is 23.9. The third kappa shape index (κ3) is 3.63. The Labute approximate surface area is 115 Å². The molecule has 2 unspecified atom stereocenters. The van der Waals surface area contributed by atoms with Crippen molar-refractivity contribution >= 4 is 11.6 Å². The SMILES string of the molecule is COc1ccc(CNC2CCCCC2CCl)cc1. The summed E-state index contributed by atoms with van der Waals surface area (Å²) in [6, 6.07) is 8.83. The molecule has 1 saturated carbocycles. The zero-order valence-corrected chi connectivity index (χ0v) is 11.7. The van der Waals surface area contributed by atoms with Gasteiger partial charge in [-0.3, -0.25) is 0 Å². The van der Waals surface area contributed by atoms with Gasteiger partial charge in [-0.2, -0.15) is 0 Å². The number of hydrogen-bond acceptors (Lipinski definition) is 2. The van der Waals surface area contributed by atoms with Gasteiger partial charge in [0.2, 0.25) is 0 Å². The smallest absolute Gasteiger partial charge is 0.118 e. The Morgan fingerprint density at radius 1 is 1.22 bits per heavy atom. The Balaban J connectivity index is 1.85. The van der Waals surface area contributed by atoms with Crippen LogP contribution in [0.5, 0.6) is 5.75 Å². The molecule has 1 fully saturated rings. The first-order valence-corrected chi connectivity index (χ1v) is 7.29. The molecule has 3 heteroatoms. The number of methoxy groups -OCH3 is 1. The lowest BCUT2D eigenvalue weighted by atomic mass is 9.85. The van der Waals surface area contributed by atoms with Crippen LogP contribution in [0.1, 0.15) is 31.2 Å². The first-order chi connectivity index (χ1) is 8.83. The average molecular weight is 268 g/mol. The van der Waals surface area contributed by atoms with Crippen molar-refractivity contribution in [3.05, 3.63) is 29.8 Å². The molecule has 2 rings (SSSR count). The number of ether oxygens (including phenoxy) is 1. The van der Waals surface area contributed by atoms with E-state index >= 15 is 0 Å². The second-order valence-corrected chi connectivity index (χ2v) is 5.34. The molecule has 18 heavy (non-hydrogen) atoms. The van der Waals surface area contributed by atoms with Crippen molar-refractivity contribution in [3.8, 4) is 5.75 Å². The highest BCUT2D eigenvalue weighted by Gasteiger charge is 2.23. The standard InChI is InChI=1S/C15H22ClNO/c1-18-14-8-6-12(7-9-14)11-17-15-5-3-2-4-13(15)10-16/h6-9,13,15,17H,2-5,10-11H2,1H3. The summed E-state index contributed by atoms with van der Waals surface area (Å²) >= 11 is 6.04. The topological polar surface area (TPSA) is 21.3 Å². The molecule has 100 valence electrons. The maximum Gasteiger partial charge on any atom is 0.118 e. The van der Waals surface area contributed by atoms with Crippen molar-refractivity contribution in [1.82, 2.24) is 5.32 Å². The zero-order valence-electron chi connectivity index (χ0n) is 11.0. The fraction of sp³-hybridized carbons (Fsp3) is 0.600. The summed E-state index contributed by atoms with van der Waals surface area (Å²) in [4.78, 5) is 0. The van der Waals surface area contributed by atoms with Crippen LogP contribution in [0.2, 0.25) is 0 Å². The van der Waals surface area contributed by atoms with Gasteiger partial charge in [0.1, 0.15) is 5.75 Å². The molecular formula is C15H22ClNO. The zero-order chi connectivity index (χ0) is 12.8. The molecule has 0 heterocycles. The molecule has 0 aromatic heterocycles. The number of halogens is 1. The molecule has 1 N–H and O–H groups in total. The van der Waals surface area contributed by atoms with E-state index < -0.39 is 0 Å². The predicted molar refractivity (Wildman–Crippen MR) is 76.3 cm³/mol. The van der Waals surface area contributed by atoms with Crippen LogP contribution in [0.15, 0.2) is 24.3 Å². The van der Waals surface area contributed by atoms with Gasteiger partial charge in [0, 0.05) is 18.5 Å². The van der Waals surface area contributed by atoms with Crippen LogP contribution in [0.3, 0.4) is 0 Å². The van der Waals surface area contributed by atoms with Gasteiger partial charge in [0.25, 0.3) is 0 Å². The lowest BCUT2D eigenvalue weighted by Crippen LogP contribution is -2.38. The van der Waals surface area contributed by atoms with Crippen molar-refractivity contribution in [3.63, 3.8) is 0 Å². The highest BCUT2D eigenvalue weighted by molar-refractivity contribution is 6.18. The van der Waals surface area contributed by atoms with Crippen LogP contribution in [0.4, 0.5) is 0 Å². The van der Waals surface area contributed by atoms with E-state index in [4.69, 9.17) is 16.3 Å². The van der Waals surface area contributed by atoms with Gasteiger partial charge in [-0.1, -0.05) is 25.0 Å². The van der Waals surface area contributed by atoms with E-state index in [1.54, 1.807) is 7.11 Å². The summed E-state index contributed by atoms with van der Waals surface area (Å²) in [5.41, 5.74) is 1.30. The Morgan fingerprint density at radius 3 is 2.61 bits per heavy atom. The summed E-state index contributed by atoms with van der Waals surface area (Å²) in [6.45, 7) is 0.919. The number of benzene rings is 1. The van der Waals surface area contributed by atoms with Crippen LogP contribution >= 0.6 is 11.6 Å². The van der Waals surface area contributed by atoms with Crippen molar-refractivity contribution in [2.75, 3.05) is 13.0 Å². The molecule has 0 spiro atoms. The van der Waals surface area contributed by atoms with Crippen molar-refractivity contribution in [2.45, 2.75) is 38.3 Å². The maximum absolute atomic E-state index is 6.04. The molecule has 0 saturated heterocycles. The van der Waals surface area contributed by atoms with E-state index in [1.165, 1.54) is 31.2 Å². The van der Waals surface area contributed by atoms with E-state index in [2.05, 4.69) is 17.4 Å². The fourth-order valence-corrected chi connectivity index (χ4v) is 3.02. The number of rotatable bonds is 5. The average Bonchev–Trinajstić information content (AvgIpc) is 2.46. The minimum atomic E-state index is 0.582. The summed E-state index contributed by atoms with van der Waals surface area (Å²) in [5, 5.41) is 3.65. The third-order valence-electron chi connectivity index (χ3n) is 3.83. The van der Waals surface area contributed by atoms with Gasteiger partial charge in [0.15, 0.2) is 0 Å². The third-order valence-corrected chi connectivity index (χ3v) is 4.23. The Hall–Kier alpha value is -0.730. The van der Waals surface area contributed by atoms with E-state index in [0.717, 1.165) is 18.2 Å². The Morgan fingerprint density at radius 2 is 1.94 bits per heavy atom. The summed E-state index contributed by atoms with van der Waals surface area (Å²) < 4.78 is 5.16. The molecule has 2 nitrogen and oxygen atoms in total. The number of nitrogens with one attached hydrogen (secondary N) is 1. The predicted octanol–water partition coefficient (Wildman–Crippen LogP) is 3.58. The molecule has 1 aromatic carbocycles. The monoisotopic (exact) mass is 267 g/mol. The molecule has 1 aliphatic carbocycles. The molecular weight excluding hydrogens is 246 g/mol. The molecule has 0 amide bonds. The van der Waals surface area contributed by atoms with Crippen LogP contribution < -0.4 is 10.1 Å². The van der Waals surface area contributed by atoms with Gasteiger partial charge in [0.05, 0.1) is 7.11 Å². The van der Waals surface area contributed by atoms with Crippen molar-refractivity contribution in [1.29, 1.82) is 0 Å². The lowest BCUT2D eigenvalue weighted by molar-refractivity contribution is 0.282. The van der Waals surface area contributed by atoms with Crippen molar-refractivity contribution in [2.24, 2.45) is 5.92 Å². The van der Waals surface area contributed by atoms with Crippen LogP contribution in [-0.2, 0) is 6.54 Å². The van der Waals surface area contributed by atoms with Gasteiger partial charge in [-0.05, 0) is 36.5 Å². The van der Waals surface area contributed by atoms with Gasteiger partial charge >= 0.3 is 0 Å².